The van der Waals surface area contributed by atoms with Gasteiger partial charge in [-0.2, -0.15) is 0 Å². The Hall–Kier alpha value is -2.19. The first-order valence-corrected chi connectivity index (χ1v) is 7.78. The summed E-state index contributed by atoms with van der Waals surface area (Å²) in [4.78, 5) is 1.20. The molecule has 1 unspecified atom stereocenters. The fourth-order valence-corrected chi connectivity index (χ4v) is 3.03. The van der Waals surface area contributed by atoms with Crippen molar-refractivity contribution in [3.8, 4) is 5.75 Å². The van der Waals surface area contributed by atoms with E-state index in [0.29, 0.717) is 0 Å². The van der Waals surface area contributed by atoms with E-state index in [-0.39, 0.29) is 5.44 Å². The summed E-state index contributed by atoms with van der Waals surface area (Å²) in [5, 5.41) is 0. The molecular formula is C19H16OS. The average Bonchev–Trinajstić information content (AvgIpc) is 2.57. The van der Waals surface area contributed by atoms with Gasteiger partial charge < -0.3 is 4.74 Å². The lowest BCUT2D eigenvalue weighted by atomic mass is 10.2. The Morgan fingerprint density at radius 3 is 1.76 bits per heavy atom. The minimum atomic E-state index is -0.0593. The van der Waals surface area contributed by atoms with Gasteiger partial charge in [-0.05, 0) is 24.3 Å². The zero-order valence-corrected chi connectivity index (χ0v) is 12.4. The Balaban J connectivity index is 1.84. The largest absolute Gasteiger partial charge is 0.475 e. The van der Waals surface area contributed by atoms with Gasteiger partial charge in [-0.15, -0.1) is 0 Å². The van der Waals surface area contributed by atoms with Crippen LogP contribution >= 0.6 is 11.8 Å². The van der Waals surface area contributed by atoms with Crippen LogP contribution in [-0.2, 0) is 0 Å². The number of hydrogen-bond acceptors (Lipinski definition) is 2. The van der Waals surface area contributed by atoms with Crippen molar-refractivity contribution in [2.24, 2.45) is 0 Å². The van der Waals surface area contributed by atoms with Gasteiger partial charge in [0, 0.05) is 10.5 Å². The highest BCUT2D eigenvalue weighted by molar-refractivity contribution is 7.99. The van der Waals surface area contributed by atoms with Crippen molar-refractivity contribution in [2.75, 3.05) is 0 Å². The molecule has 21 heavy (non-hydrogen) atoms. The summed E-state index contributed by atoms with van der Waals surface area (Å²) in [6, 6.07) is 30.6. The highest BCUT2D eigenvalue weighted by atomic mass is 32.2. The van der Waals surface area contributed by atoms with Crippen LogP contribution in [0.5, 0.6) is 5.75 Å². The summed E-state index contributed by atoms with van der Waals surface area (Å²) in [5.74, 6) is 0.884. The summed E-state index contributed by atoms with van der Waals surface area (Å²) in [6.45, 7) is 0. The second-order valence-corrected chi connectivity index (χ2v) is 5.74. The number of ether oxygens (including phenoxy) is 1. The van der Waals surface area contributed by atoms with Crippen molar-refractivity contribution in [3.05, 3.63) is 96.6 Å². The van der Waals surface area contributed by atoms with Crippen LogP contribution in [0.4, 0.5) is 0 Å². The van der Waals surface area contributed by atoms with E-state index in [1.165, 1.54) is 4.90 Å². The molecule has 0 spiro atoms. The molecule has 1 atom stereocenters. The number of rotatable bonds is 5. The predicted molar refractivity (Wildman–Crippen MR) is 88.6 cm³/mol. The molecule has 0 aromatic heterocycles. The van der Waals surface area contributed by atoms with Gasteiger partial charge in [-0.3, -0.25) is 0 Å². The number of para-hydroxylation sites is 1. The second kappa shape index (κ2) is 7.00. The molecule has 3 aromatic rings. The van der Waals surface area contributed by atoms with Crippen molar-refractivity contribution in [1.29, 1.82) is 0 Å². The first-order valence-electron chi connectivity index (χ1n) is 6.90. The van der Waals surface area contributed by atoms with Gasteiger partial charge in [0.15, 0.2) is 5.44 Å². The zero-order chi connectivity index (χ0) is 14.3. The Bertz CT molecular complexity index is 611. The molecule has 0 aliphatic rings. The predicted octanol–water partition coefficient (Wildman–Crippen LogP) is 5.56. The zero-order valence-electron chi connectivity index (χ0n) is 11.6. The Morgan fingerprint density at radius 2 is 1.14 bits per heavy atom. The van der Waals surface area contributed by atoms with E-state index < -0.39 is 0 Å². The molecule has 0 amide bonds. The van der Waals surface area contributed by atoms with Crippen LogP contribution in [0.1, 0.15) is 11.0 Å². The molecule has 104 valence electrons. The van der Waals surface area contributed by atoms with E-state index in [4.69, 9.17) is 4.74 Å². The lowest BCUT2D eigenvalue weighted by molar-refractivity contribution is 0.295. The molecule has 1 nitrogen and oxygen atoms in total. The molecule has 0 radical (unpaired) electrons. The molecule has 0 bridgehead atoms. The summed E-state index contributed by atoms with van der Waals surface area (Å²) in [5.41, 5.74) is 1.10. The average molecular weight is 292 g/mol. The summed E-state index contributed by atoms with van der Waals surface area (Å²) >= 11 is 1.71. The fourth-order valence-electron chi connectivity index (χ4n) is 2.02. The van der Waals surface area contributed by atoms with Gasteiger partial charge in [-0.25, -0.2) is 0 Å². The van der Waals surface area contributed by atoms with Crippen LogP contribution in [0.25, 0.3) is 0 Å². The molecule has 0 fully saturated rings. The van der Waals surface area contributed by atoms with Gasteiger partial charge in [0.1, 0.15) is 5.75 Å². The monoisotopic (exact) mass is 292 g/mol. The minimum absolute atomic E-state index is 0.0593. The highest BCUT2D eigenvalue weighted by Crippen LogP contribution is 2.36. The third kappa shape index (κ3) is 3.89. The van der Waals surface area contributed by atoms with Crippen LogP contribution in [-0.4, -0.2) is 0 Å². The van der Waals surface area contributed by atoms with E-state index in [0.717, 1.165) is 11.3 Å². The quantitative estimate of drug-likeness (QED) is 0.450. The van der Waals surface area contributed by atoms with E-state index in [1.807, 2.05) is 66.7 Å². The Morgan fingerprint density at radius 1 is 0.619 bits per heavy atom. The number of thioether (sulfide) groups is 1. The molecular weight excluding hydrogens is 276 g/mol. The van der Waals surface area contributed by atoms with Crippen molar-refractivity contribution < 1.29 is 4.74 Å². The maximum atomic E-state index is 6.17. The van der Waals surface area contributed by atoms with Gasteiger partial charge in [0.2, 0.25) is 0 Å². The third-order valence-electron chi connectivity index (χ3n) is 3.04. The van der Waals surface area contributed by atoms with Crippen LogP contribution in [0.15, 0.2) is 95.9 Å². The summed E-state index contributed by atoms with van der Waals surface area (Å²) < 4.78 is 6.17. The van der Waals surface area contributed by atoms with E-state index >= 15 is 0 Å². The van der Waals surface area contributed by atoms with E-state index in [2.05, 4.69) is 24.3 Å². The lowest BCUT2D eigenvalue weighted by Gasteiger charge is -2.19. The number of benzene rings is 3. The molecule has 0 aliphatic heterocycles. The molecule has 3 rings (SSSR count). The molecule has 0 saturated heterocycles. The normalized spacial score (nSPS) is 11.8. The smallest absolute Gasteiger partial charge is 0.174 e. The van der Waals surface area contributed by atoms with Gasteiger partial charge in [0.25, 0.3) is 0 Å². The lowest BCUT2D eigenvalue weighted by Crippen LogP contribution is -2.03. The Labute approximate surface area is 129 Å². The molecule has 3 aromatic carbocycles. The van der Waals surface area contributed by atoms with E-state index in [1.54, 1.807) is 11.8 Å². The van der Waals surface area contributed by atoms with E-state index in [9.17, 15) is 0 Å². The van der Waals surface area contributed by atoms with Crippen molar-refractivity contribution in [3.63, 3.8) is 0 Å². The maximum Gasteiger partial charge on any atom is 0.174 e. The first-order chi connectivity index (χ1) is 10.4. The third-order valence-corrected chi connectivity index (χ3v) is 4.17. The van der Waals surface area contributed by atoms with Crippen LogP contribution in [0.2, 0.25) is 0 Å². The van der Waals surface area contributed by atoms with Crippen molar-refractivity contribution in [2.45, 2.75) is 10.3 Å². The summed E-state index contributed by atoms with van der Waals surface area (Å²) in [7, 11) is 0. The molecule has 2 heteroatoms. The Kier molecular flexibility index (Phi) is 4.59. The molecule has 0 N–H and O–H groups in total. The molecule has 0 heterocycles. The van der Waals surface area contributed by atoms with Crippen LogP contribution < -0.4 is 4.74 Å². The number of hydrogen-bond donors (Lipinski definition) is 0. The topological polar surface area (TPSA) is 9.23 Å². The second-order valence-electron chi connectivity index (χ2n) is 4.60. The minimum Gasteiger partial charge on any atom is -0.475 e. The standard InChI is InChI=1S/C19H16OS/c1-4-10-16(11-5-1)19(20-17-12-6-2-7-13-17)21-18-14-8-3-9-15-18/h1-15,19H. The molecule has 0 aliphatic carbocycles. The van der Waals surface area contributed by atoms with Gasteiger partial charge in [0.05, 0.1) is 0 Å². The van der Waals surface area contributed by atoms with Crippen molar-refractivity contribution in [1.82, 2.24) is 0 Å². The first kappa shape index (κ1) is 13.8. The van der Waals surface area contributed by atoms with Crippen LogP contribution in [0, 0.1) is 0 Å². The van der Waals surface area contributed by atoms with Crippen LogP contribution in [0.3, 0.4) is 0 Å². The summed E-state index contributed by atoms with van der Waals surface area (Å²) in [6.07, 6.45) is 0. The highest BCUT2D eigenvalue weighted by Gasteiger charge is 2.14. The van der Waals surface area contributed by atoms with Gasteiger partial charge >= 0.3 is 0 Å². The SMILES string of the molecule is c1ccc(OC(Sc2ccccc2)c2ccccc2)cc1. The van der Waals surface area contributed by atoms with Crippen molar-refractivity contribution >= 4 is 11.8 Å². The fraction of sp³-hybridized carbons (Fsp3) is 0.0526. The maximum absolute atomic E-state index is 6.17. The molecule has 0 saturated carbocycles. The van der Waals surface area contributed by atoms with Gasteiger partial charge in [-0.1, -0.05) is 78.5 Å².